The van der Waals surface area contributed by atoms with Crippen LogP contribution in [0.4, 0.5) is 0 Å². The largest absolute Gasteiger partial charge is 0.289 e. The first-order valence-electron chi connectivity index (χ1n) is 8.46. The summed E-state index contributed by atoms with van der Waals surface area (Å²) in [5.41, 5.74) is 7.45. The topological polar surface area (TPSA) is 71.1 Å². The molecule has 130 valence electrons. The monoisotopic (exact) mass is 355 g/mol. The number of allylic oxidation sites excluding steroid dienone is 2. The van der Waals surface area contributed by atoms with Crippen LogP contribution in [0.25, 0.3) is 10.6 Å². The van der Waals surface area contributed by atoms with Crippen LogP contribution in [0.2, 0.25) is 0 Å². The summed E-state index contributed by atoms with van der Waals surface area (Å²) >= 11 is 1.41. The maximum atomic E-state index is 12.1. The van der Waals surface area contributed by atoms with Crippen LogP contribution in [0.1, 0.15) is 42.2 Å². The number of aromatic nitrogens is 1. The Kier molecular flexibility index (Phi) is 5.60. The standard InChI is InChI=1S/C19H21N3O2S/c1-2-13-7-9-15(10-8-13)19-20-16(12-25-19)18(24)22-21-17(23)11-14-5-3-4-6-14/h3,5,7-10,12,14H,2,4,6,11H2,1H3,(H,21,23)(H,22,24)/t14-/m0/s1. The van der Waals surface area contributed by atoms with Crippen molar-refractivity contribution in [2.75, 3.05) is 0 Å². The molecule has 0 aliphatic heterocycles. The van der Waals surface area contributed by atoms with E-state index in [9.17, 15) is 9.59 Å². The number of nitrogens with zero attached hydrogens (tertiary/aromatic N) is 1. The molecule has 0 bridgehead atoms. The van der Waals surface area contributed by atoms with Crippen LogP contribution < -0.4 is 10.9 Å². The Morgan fingerprint density at radius 2 is 2.04 bits per heavy atom. The molecule has 1 aromatic carbocycles. The van der Waals surface area contributed by atoms with Crippen molar-refractivity contribution < 1.29 is 9.59 Å². The Hall–Kier alpha value is -2.47. The van der Waals surface area contributed by atoms with Gasteiger partial charge in [0.2, 0.25) is 5.91 Å². The van der Waals surface area contributed by atoms with E-state index in [2.05, 4.69) is 47.0 Å². The van der Waals surface area contributed by atoms with Gasteiger partial charge in [0, 0.05) is 17.4 Å². The van der Waals surface area contributed by atoms with E-state index in [1.54, 1.807) is 5.38 Å². The number of nitrogens with one attached hydrogen (secondary N) is 2. The third kappa shape index (κ3) is 4.54. The van der Waals surface area contributed by atoms with Crippen molar-refractivity contribution in [1.82, 2.24) is 15.8 Å². The molecule has 2 N–H and O–H groups in total. The van der Waals surface area contributed by atoms with Gasteiger partial charge >= 0.3 is 0 Å². The van der Waals surface area contributed by atoms with E-state index in [1.165, 1.54) is 16.9 Å². The third-order valence-corrected chi connectivity index (χ3v) is 5.11. The first kappa shape index (κ1) is 17.4. The summed E-state index contributed by atoms with van der Waals surface area (Å²) < 4.78 is 0. The van der Waals surface area contributed by atoms with Crippen LogP contribution in [0.5, 0.6) is 0 Å². The van der Waals surface area contributed by atoms with E-state index in [0.29, 0.717) is 12.1 Å². The quantitative estimate of drug-likeness (QED) is 0.637. The first-order valence-corrected chi connectivity index (χ1v) is 9.34. The van der Waals surface area contributed by atoms with Gasteiger partial charge < -0.3 is 0 Å². The van der Waals surface area contributed by atoms with Gasteiger partial charge in [0.15, 0.2) is 0 Å². The highest BCUT2D eigenvalue weighted by Gasteiger charge is 2.16. The lowest BCUT2D eigenvalue weighted by molar-refractivity contribution is -0.122. The average molecular weight is 355 g/mol. The van der Waals surface area contributed by atoms with Gasteiger partial charge in [-0.15, -0.1) is 11.3 Å². The molecule has 2 amide bonds. The van der Waals surface area contributed by atoms with Crippen molar-refractivity contribution in [3.05, 3.63) is 53.1 Å². The SMILES string of the molecule is CCc1ccc(-c2nc(C(=O)NNC(=O)C[C@H]3C=CCC3)cs2)cc1. The highest BCUT2D eigenvalue weighted by Crippen LogP contribution is 2.24. The average Bonchev–Trinajstić information content (AvgIpc) is 3.31. The Morgan fingerprint density at radius 1 is 1.24 bits per heavy atom. The van der Waals surface area contributed by atoms with Crippen LogP contribution in [0, 0.1) is 5.92 Å². The summed E-state index contributed by atoms with van der Waals surface area (Å²) in [7, 11) is 0. The number of carbonyl (C=O) groups is 2. The predicted octanol–water partition coefficient (Wildman–Crippen LogP) is 3.49. The zero-order valence-electron chi connectivity index (χ0n) is 14.1. The van der Waals surface area contributed by atoms with Crippen molar-refractivity contribution in [3.8, 4) is 10.6 Å². The number of rotatable bonds is 5. The molecule has 0 radical (unpaired) electrons. The number of amides is 2. The summed E-state index contributed by atoms with van der Waals surface area (Å²) in [6, 6.07) is 8.15. The second-order valence-corrected chi connectivity index (χ2v) is 6.92. The molecule has 1 aromatic heterocycles. The molecular formula is C19H21N3O2S. The molecule has 2 aromatic rings. The second-order valence-electron chi connectivity index (χ2n) is 6.06. The van der Waals surface area contributed by atoms with Gasteiger partial charge in [0.1, 0.15) is 10.7 Å². The normalized spacial score (nSPS) is 16.0. The molecule has 1 heterocycles. The molecule has 0 saturated carbocycles. The Morgan fingerprint density at radius 3 is 2.72 bits per heavy atom. The van der Waals surface area contributed by atoms with Gasteiger partial charge in [-0.1, -0.05) is 43.3 Å². The number of benzene rings is 1. The number of hydrogen-bond acceptors (Lipinski definition) is 4. The molecule has 1 aliphatic carbocycles. The molecule has 6 heteroatoms. The van der Waals surface area contributed by atoms with Gasteiger partial charge in [0.05, 0.1) is 0 Å². The summed E-state index contributed by atoms with van der Waals surface area (Å²) in [5, 5.41) is 2.49. The first-order chi connectivity index (χ1) is 12.2. The summed E-state index contributed by atoms with van der Waals surface area (Å²) in [5.74, 6) is -0.313. The molecule has 0 fully saturated rings. The maximum Gasteiger partial charge on any atom is 0.289 e. The minimum Gasteiger partial charge on any atom is -0.273 e. The molecule has 0 spiro atoms. The second kappa shape index (κ2) is 8.07. The van der Waals surface area contributed by atoms with Gasteiger partial charge in [-0.2, -0.15) is 0 Å². The highest BCUT2D eigenvalue weighted by molar-refractivity contribution is 7.13. The van der Waals surface area contributed by atoms with E-state index in [-0.39, 0.29) is 11.8 Å². The van der Waals surface area contributed by atoms with Crippen molar-refractivity contribution in [2.24, 2.45) is 5.92 Å². The molecule has 0 saturated heterocycles. The molecule has 1 atom stereocenters. The zero-order chi connectivity index (χ0) is 17.6. The third-order valence-electron chi connectivity index (χ3n) is 4.22. The van der Waals surface area contributed by atoms with Crippen molar-refractivity contribution in [3.63, 3.8) is 0 Å². The van der Waals surface area contributed by atoms with Crippen molar-refractivity contribution in [1.29, 1.82) is 0 Å². The molecule has 3 rings (SSSR count). The number of hydrazine groups is 1. The lowest BCUT2D eigenvalue weighted by Gasteiger charge is -2.09. The van der Waals surface area contributed by atoms with E-state index in [0.717, 1.165) is 29.8 Å². The summed E-state index contributed by atoms with van der Waals surface area (Å²) in [6.07, 6.45) is 7.53. The Labute approximate surface area is 151 Å². The van der Waals surface area contributed by atoms with E-state index in [1.807, 2.05) is 12.1 Å². The van der Waals surface area contributed by atoms with E-state index < -0.39 is 5.91 Å². The molecule has 25 heavy (non-hydrogen) atoms. The molecule has 5 nitrogen and oxygen atoms in total. The lowest BCUT2D eigenvalue weighted by Crippen LogP contribution is -2.42. The lowest BCUT2D eigenvalue weighted by atomic mass is 10.1. The molecule has 0 unspecified atom stereocenters. The Balaban J connectivity index is 1.54. The predicted molar refractivity (Wildman–Crippen MR) is 99.0 cm³/mol. The minimum atomic E-state index is -0.400. The fourth-order valence-electron chi connectivity index (χ4n) is 2.74. The number of thiazole rings is 1. The van der Waals surface area contributed by atoms with E-state index in [4.69, 9.17) is 0 Å². The van der Waals surface area contributed by atoms with Crippen molar-refractivity contribution in [2.45, 2.75) is 32.6 Å². The van der Waals surface area contributed by atoms with E-state index >= 15 is 0 Å². The smallest absolute Gasteiger partial charge is 0.273 e. The highest BCUT2D eigenvalue weighted by atomic mass is 32.1. The van der Waals surface area contributed by atoms with Gasteiger partial charge in [-0.25, -0.2) is 4.98 Å². The molecule has 1 aliphatic rings. The van der Waals surface area contributed by atoms with Crippen LogP contribution in [0.15, 0.2) is 41.8 Å². The van der Waals surface area contributed by atoms with Crippen molar-refractivity contribution >= 4 is 23.2 Å². The van der Waals surface area contributed by atoms with Crippen LogP contribution >= 0.6 is 11.3 Å². The van der Waals surface area contributed by atoms with Gasteiger partial charge in [0.25, 0.3) is 5.91 Å². The zero-order valence-corrected chi connectivity index (χ0v) is 14.9. The van der Waals surface area contributed by atoms with Gasteiger partial charge in [-0.3, -0.25) is 20.4 Å². The van der Waals surface area contributed by atoms with Gasteiger partial charge in [-0.05, 0) is 30.7 Å². The fraction of sp³-hybridized carbons (Fsp3) is 0.316. The fourth-order valence-corrected chi connectivity index (χ4v) is 3.54. The summed E-state index contributed by atoms with van der Waals surface area (Å²) in [4.78, 5) is 28.3. The number of carbonyl (C=O) groups excluding carboxylic acids is 2. The van der Waals surface area contributed by atoms with Crippen LogP contribution in [-0.2, 0) is 11.2 Å². The number of aryl methyl sites for hydroxylation is 1. The Bertz CT molecular complexity index is 780. The van der Waals surface area contributed by atoms with Crippen LogP contribution in [-0.4, -0.2) is 16.8 Å². The summed E-state index contributed by atoms with van der Waals surface area (Å²) in [6.45, 7) is 2.11. The maximum absolute atomic E-state index is 12.1. The van der Waals surface area contributed by atoms with Crippen LogP contribution in [0.3, 0.4) is 0 Å². The molecular weight excluding hydrogens is 334 g/mol. The minimum absolute atomic E-state index is 0.185. The number of hydrogen-bond donors (Lipinski definition) is 2.